The van der Waals surface area contributed by atoms with E-state index in [4.69, 9.17) is 10.8 Å². The van der Waals surface area contributed by atoms with Gasteiger partial charge in [-0.15, -0.1) is 5.10 Å². The molecule has 1 aliphatic heterocycles. The number of carboxylic acid groups (broad SMARTS) is 1. The molecule has 0 spiro atoms. The fourth-order valence-electron chi connectivity index (χ4n) is 2.57. The van der Waals surface area contributed by atoms with E-state index in [0.29, 0.717) is 5.56 Å². The molecule has 1 aromatic heterocycles. The molecule has 3 rings (SSSR count). The van der Waals surface area contributed by atoms with Crippen molar-refractivity contribution >= 4 is 11.9 Å². The van der Waals surface area contributed by atoms with Crippen molar-refractivity contribution in [2.75, 3.05) is 5.73 Å². The number of nitrogen functional groups attached to an aromatic ring is 1. The topological polar surface area (TPSA) is 94.0 Å². The first-order valence-corrected chi connectivity index (χ1v) is 6.18. The van der Waals surface area contributed by atoms with Crippen molar-refractivity contribution in [1.82, 2.24) is 14.8 Å². The van der Waals surface area contributed by atoms with Gasteiger partial charge in [0.2, 0.25) is 5.95 Å². The van der Waals surface area contributed by atoms with Gasteiger partial charge in [-0.25, -0.2) is 9.48 Å². The second-order valence-electron chi connectivity index (χ2n) is 4.68. The minimum atomic E-state index is -0.918. The van der Waals surface area contributed by atoms with E-state index in [1.807, 2.05) is 10.7 Å². The Kier molecular flexibility index (Phi) is 2.70. The first-order chi connectivity index (χ1) is 9.15. The maximum Gasteiger partial charge on any atom is 0.335 e. The Morgan fingerprint density at radius 2 is 2.32 bits per heavy atom. The van der Waals surface area contributed by atoms with Gasteiger partial charge >= 0.3 is 5.97 Å². The zero-order valence-electron chi connectivity index (χ0n) is 10.3. The summed E-state index contributed by atoms with van der Waals surface area (Å²) >= 11 is 0. The lowest BCUT2D eigenvalue weighted by Gasteiger charge is -2.22. The number of aryl methyl sites for hydroxylation is 1. The lowest BCUT2D eigenvalue weighted by molar-refractivity contribution is 0.0696. The summed E-state index contributed by atoms with van der Waals surface area (Å²) < 4.78 is 1.82. The van der Waals surface area contributed by atoms with E-state index in [-0.39, 0.29) is 11.9 Å². The number of nitrogens with zero attached hydrogens (tertiary/aromatic N) is 3. The Labute approximate surface area is 109 Å². The largest absolute Gasteiger partial charge is 0.478 e. The average molecular weight is 258 g/mol. The summed E-state index contributed by atoms with van der Waals surface area (Å²) in [5, 5.41) is 13.2. The lowest BCUT2D eigenvalue weighted by Crippen LogP contribution is -2.18. The number of anilines is 1. The van der Waals surface area contributed by atoms with Gasteiger partial charge in [-0.05, 0) is 30.5 Å². The lowest BCUT2D eigenvalue weighted by atomic mass is 9.90. The van der Waals surface area contributed by atoms with Gasteiger partial charge in [0, 0.05) is 12.5 Å². The molecule has 0 saturated heterocycles. The summed E-state index contributed by atoms with van der Waals surface area (Å²) in [5.74, 6) is 0.249. The highest BCUT2D eigenvalue weighted by Crippen LogP contribution is 2.32. The highest BCUT2D eigenvalue weighted by molar-refractivity contribution is 5.87. The van der Waals surface area contributed by atoms with Gasteiger partial charge in [0.05, 0.1) is 5.56 Å². The minimum Gasteiger partial charge on any atom is -0.478 e. The summed E-state index contributed by atoms with van der Waals surface area (Å²) in [6.07, 6.45) is 1.92. The van der Waals surface area contributed by atoms with Gasteiger partial charge in [0.15, 0.2) is 0 Å². The van der Waals surface area contributed by atoms with Crippen LogP contribution in [0.5, 0.6) is 0 Å². The number of hydrogen-bond donors (Lipinski definition) is 2. The fraction of sp³-hybridized carbons (Fsp3) is 0.308. The summed E-state index contributed by atoms with van der Waals surface area (Å²) in [7, 11) is 0. The van der Waals surface area contributed by atoms with Gasteiger partial charge < -0.3 is 10.8 Å². The standard InChI is InChI=1S/C13H14N4O2/c14-13-15-11-10(5-2-6-17(11)16-13)8-3-1-4-9(7-8)12(18)19/h1,3-4,7,10H,2,5-6H2,(H2,14,16)(H,18,19). The zero-order chi connectivity index (χ0) is 13.4. The van der Waals surface area contributed by atoms with Crippen LogP contribution in [0.3, 0.4) is 0 Å². The summed E-state index contributed by atoms with van der Waals surface area (Å²) in [6, 6.07) is 6.98. The first kappa shape index (κ1) is 11.7. The van der Waals surface area contributed by atoms with Crippen LogP contribution < -0.4 is 5.73 Å². The van der Waals surface area contributed by atoms with Crippen molar-refractivity contribution < 1.29 is 9.90 Å². The molecule has 1 atom stereocenters. The molecule has 1 aliphatic rings. The predicted octanol–water partition coefficient (Wildman–Crippen LogP) is 1.48. The molecule has 1 unspecified atom stereocenters. The van der Waals surface area contributed by atoms with Crippen LogP contribution in [0.4, 0.5) is 5.95 Å². The molecule has 2 heterocycles. The maximum absolute atomic E-state index is 11.0. The molecule has 6 heteroatoms. The third kappa shape index (κ3) is 2.05. The molecule has 0 amide bonds. The Morgan fingerprint density at radius 1 is 1.47 bits per heavy atom. The number of rotatable bonds is 2. The molecule has 0 aliphatic carbocycles. The highest BCUT2D eigenvalue weighted by Gasteiger charge is 2.25. The fourth-order valence-corrected chi connectivity index (χ4v) is 2.57. The molecule has 6 nitrogen and oxygen atoms in total. The highest BCUT2D eigenvalue weighted by atomic mass is 16.4. The van der Waals surface area contributed by atoms with E-state index in [0.717, 1.165) is 30.8 Å². The van der Waals surface area contributed by atoms with E-state index in [1.54, 1.807) is 18.2 Å². The average Bonchev–Trinajstić information content (AvgIpc) is 2.78. The van der Waals surface area contributed by atoms with Crippen LogP contribution in [0.1, 0.15) is 40.5 Å². The number of nitrogens with two attached hydrogens (primary N) is 1. The first-order valence-electron chi connectivity index (χ1n) is 6.18. The Morgan fingerprint density at radius 3 is 3.11 bits per heavy atom. The normalized spacial score (nSPS) is 18.0. The number of carboxylic acids is 1. The number of hydrogen-bond acceptors (Lipinski definition) is 4. The van der Waals surface area contributed by atoms with Crippen LogP contribution in [0.25, 0.3) is 0 Å². The van der Waals surface area contributed by atoms with Crippen molar-refractivity contribution in [2.45, 2.75) is 25.3 Å². The van der Waals surface area contributed by atoms with Gasteiger partial charge in [0.1, 0.15) is 5.82 Å². The Balaban J connectivity index is 2.03. The van der Waals surface area contributed by atoms with Crippen molar-refractivity contribution in [3.63, 3.8) is 0 Å². The summed E-state index contributed by atoms with van der Waals surface area (Å²) in [5.41, 5.74) is 6.89. The maximum atomic E-state index is 11.0. The smallest absolute Gasteiger partial charge is 0.335 e. The monoisotopic (exact) mass is 258 g/mol. The number of carbonyl (C=O) groups is 1. The predicted molar refractivity (Wildman–Crippen MR) is 68.9 cm³/mol. The van der Waals surface area contributed by atoms with Crippen molar-refractivity contribution in [2.24, 2.45) is 0 Å². The third-order valence-corrected chi connectivity index (χ3v) is 3.43. The van der Waals surface area contributed by atoms with Crippen LogP contribution in [0, 0.1) is 0 Å². The molecule has 0 bridgehead atoms. The van der Waals surface area contributed by atoms with Gasteiger partial charge in [0.25, 0.3) is 0 Å². The molecule has 19 heavy (non-hydrogen) atoms. The minimum absolute atomic E-state index is 0.0675. The van der Waals surface area contributed by atoms with Crippen LogP contribution >= 0.6 is 0 Å². The molecule has 2 aromatic rings. The van der Waals surface area contributed by atoms with Crippen molar-refractivity contribution in [1.29, 1.82) is 0 Å². The number of aromatic carboxylic acids is 1. The molecule has 0 radical (unpaired) electrons. The molecule has 3 N–H and O–H groups in total. The van der Waals surface area contributed by atoms with Crippen molar-refractivity contribution in [3.8, 4) is 0 Å². The Bertz CT molecular complexity index is 635. The van der Waals surface area contributed by atoms with E-state index in [9.17, 15) is 4.79 Å². The molecule has 1 aromatic carbocycles. The Hall–Kier alpha value is -2.37. The van der Waals surface area contributed by atoms with Crippen molar-refractivity contribution in [3.05, 3.63) is 41.2 Å². The van der Waals surface area contributed by atoms with E-state index >= 15 is 0 Å². The molecular formula is C13H14N4O2. The van der Waals surface area contributed by atoms with Gasteiger partial charge in [-0.2, -0.15) is 4.98 Å². The van der Waals surface area contributed by atoms with Crippen LogP contribution in [0.15, 0.2) is 24.3 Å². The van der Waals surface area contributed by atoms with Crippen LogP contribution in [-0.2, 0) is 6.54 Å². The SMILES string of the molecule is Nc1nc2n(n1)CCCC2c1cccc(C(=O)O)c1. The van der Waals surface area contributed by atoms with Gasteiger partial charge in [-0.3, -0.25) is 0 Å². The number of fused-ring (bicyclic) bond motifs is 1. The number of aromatic nitrogens is 3. The van der Waals surface area contributed by atoms with E-state index in [2.05, 4.69) is 10.1 Å². The second kappa shape index (κ2) is 4.38. The third-order valence-electron chi connectivity index (χ3n) is 3.43. The van der Waals surface area contributed by atoms with Crippen LogP contribution in [-0.4, -0.2) is 25.8 Å². The zero-order valence-corrected chi connectivity index (χ0v) is 10.3. The second-order valence-corrected chi connectivity index (χ2v) is 4.68. The molecule has 0 fully saturated rings. The van der Waals surface area contributed by atoms with Gasteiger partial charge in [-0.1, -0.05) is 12.1 Å². The van der Waals surface area contributed by atoms with E-state index in [1.165, 1.54) is 0 Å². The van der Waals surface area contributed by atoms with E-state index < -0.39 is 5.97 Å². The molecular weight excluding hydrogens is 244 g/mol. The van der Waals surface area contributed by atoms with Crippen LogP contribution in [0.2, 0.25) is 0 Å². The molecule has 0 saturated carbocycles. The summed E-state index contributed by atoms with van der Waals surface area (Å²) in [6.45, 7) is 0.814. The molecule has 98 valence electrons. The quantitative estimate of drug-likeness (QED) is 0.851. The summed E-state index contributed by atoms with van der Waals surface area (Å²) in [4.78, 5) is 15.3. The number of benzene rings is 1.